The average molecular weight is 286 g/mol. The first-order chi connectivity index (χ1) is 10.1. The summed E-state index contributed by atoms with van der Waals surface area (Å²) in [6, 6.07) is 6.02. The predicted octanol–water partition coefficient (Wildman–Crippen LogP) is 2.06. The lowest BCUT2D eigenvalue weighted by Crippen LogP contribution is -2.31. The molecule has 0 aliphatic carbocycles. The van der Waals surface area contributed by atoms with Gasteiger partial charge in [-0.05, 0) is 25.1 Å². The minimum atomic E-state index is -1.10. The summed E-state index contributed by atoms with van der Waals surface area (Å²) in [5, 5.41) is 14.1. The van der Waals surface area contributed by atoms with Crippen molar-refractivity contribution in [2.75, 3.05) is 5.32 Å². The maximum Gasteiger partial charge on any atom is 0.337 e. The van der Waals surface area contributed by atoms with Gasteiger partial charge >= 0.3 is 12.0 Å². The molecule has 1 unspecified atom stereocenters. The second-order valence-electron chi connectivity index (χ2n) is 4.34. The standard InChI is InChI=1S/C14H14N4O3/c1-9(12-4-2-3-5-16-12)17-14(21)18-11-6-10(13(19)20)7-15-8-11/h2-9H,1H3,(H,19,20)(H2,17,18,21). The third-order valence-electron chi connectivity index (χ3n) is 2.72. The van der Waals surface area contributed by atoms with Crippen LogP contribution in [0.1, 0.15) is 29.0 Å². The number of carboxylic acids is 1. The minimum absolute atomic E-state index is 0.00516. The average Bonchev–Trinajstić information content (AvgIpc) is 2.48. The Kier molecular flexibility index (Phi) is 4.45. The van der Waals surface area contributed by atoms with Crippen LogP contribution >= 0.6 is 0 Å². The van der Waals surface area contributed by atoms with E-state index in [0.29, 0.717) is 5.69 Å². The van der Waals surface area contributed by atoms with E-state index in [9.17, 15) is 9.59 Å². The van der Waals surface area contributed by atoms with Crippen molar-refractivity contribution in [1.82, 2.24) is 15.3 Å². The Hall–Kier alpha value is -2.96. The summed E-state index contributed by atoms with van der Waals surface area (Å²) in [5.74, 6) is -1.10. The predicted molar refractivity (Wildman–Crippen MR) is 76.0 cm³/mol. The number of carbonyl (C=O) groups is 2. The van der Waals surface area contributed by atoms with Gasteiger partial charge in [0.25, 0.3) is 0 Å². The fraction of sp³-hybridized carbons (Fsp3) is 0.143. The van der Waals surface area contributed by atoms with Crippen molar-refractivity contribution >= 4 is 17.7 Å². The summed E-state index contributed by atoms with van der Waals surface area (Å²) in [6.07, 6.45) is 4.23. The van der Waals surface area contributed by atoms with Gasteiger partial charge in [-0.3, -0.25) is 9.97 Å². The molecule has 2 heterocycles. The number of hydrogen-bond donors (Lipinski definition) is 3. The number of pyridine rings is 2. The monoisotopic (exact) mass is 286 g/mol. The second-order valence-corrected chi connectivity index (χ2v) is 4.34. The van der Waals surface area contributed by atoms with Crippen LogP contribution in [0.5, 0.6) is 0 Å². The summed E-state index contributed by atoms with van der Waals surface area (Å²) in [5.41, 5.74) is 1.04. The van der Waals surface area contributed by atoms with Gasteiger partial charge in [-0.25, -0.2) is 9.59 Å². The number of anilines is 1. The molecule has 108 valence electrons. The van der Waals surface area contributed by atoms with Gasteiger partial charge in [-0.15, -0.1) is 0 Å². The van der Waals surface area contributed by atoms with Crippen LogP contribution in [0.3, 0.4) is 0 Å². The lowest BCUT2D eigenvalue weighted by Gasteiger charge is -2.14. The Labute approximate surface area is 121 Å². The Morgan fingerprint density at radius 1 is 1.29 bits per heavy atom. The van der Waals surface area contributed by atoms with Crippen LogP contribution in [-0.4, -0.2) is 27.1 Å². The summed E-state index contributed by atoms with van der Waals surface area (Å²) >= 11 is 0. The van der Waals surface area contributed by atoms with Gasteiger partial charge in [0.15, 0.2) is 0 Å². The molecule has 2 amide bonds. The number of nitrogens with one attached hydrogen (secondary N) is 2. The molecule has 2 aromatic heterocycles. The molecule has 7 heteroatoms. The maximum absolute atomic E-state index is 11.9. The highest BCUT2D eigenvalue weighted by atomic mass is 16.4. The smallest absolute Gasteiger partial charge is 0.337 e. The molecule has 0 saturated heterocycles. The molecule has 0 fully saturated rings. The van der Waals surface area contributed by atoms with E-state index in [0.717, 1.165) is 5.69 Å². The zero-order chi connectivity index (χ0) is 15.2. The Morgan fingerprint density at radius 3 is 2.76 bits per heavy atom. The number of nitrogens with zero attached hydrogens (tertiary/aromatic N) is 2. The molecule has 2 aromatic rings. The van der Waals surface area contributed by atoms with Crippen LogP contribution in [0.15, 0.2) is 42.9 Å². The van der Waals surface area contributed by atoms with E-state index in [1.807, 2.05) is 6.07 Å². The Morgan fingerprint density at radius 2 is 2.10 bits per heavy atom. The second kappa shape index (κ2) is 6.47. The van der Waals surface area contributed by atoms with Crippen LogP contribution < -0.4 is 10.6 Å². The van der Waals surface area contributed by atoms with E-state index in [4.69, 9.17) is 5.11 Å². The summed E-state index contributed by atoms with van der Waals surface area (Å²) in [4.78, 5) is 30.6. The fourth-order valence-corrected chi connectivity index (χ4v) is 1.70. The van der Waals surface area contributed by atoms with Crippen LogP contribution in [-0.2, 0) is 0 Å². The molecular formula is C14H14N4O3. The van der Waals surface area contributed by atoms with E-state index in [-0.39, 0.29) is 11.6 Å². The van der Waals surface area contributed by atoms with E-state index in [2.05, 4.69) is 20.6 Å². The molecule has 2 rings (SSSR count). The molecule has 0 spiro atoms. The summed E-state index contributed by atoms with van der Waals surface area (Å²) < 4.78 is 0. The quantitative estimate of drug-likeness (QED) is 0.798. The van der Waals surface area contributed by atoms with Crippen LogP contribution in [0.2, 0.25) is 0 Å². The van der Waals surface area contributed by atoms with Gasteiger partial charge in [0, 0.05) is 12.4 Å². The number of aromatic nitrogens is 2. The molecular weight excluding hydrogens is 272 g/mol. The molecule has 1 atom stereocenters. The minimum Gasteiger partial charge on any atom is -0.478 e. The Bertz CT molecular complexity index is 646. The van der Waals surface area contributed by atoms with Gasteiger partial charge < -0.3 is 15.7 Å². The molecule has 0 aromatic carbocycles. The van der Waals surface area contributed by atoms with Gasteiger partial charge in [-0.1, -0.05) is 6.07 Å². The first-order valence-corrected chi connectivity index (χ1v) is 6.23. The Balaban J connectivity index is 1.99. The number of amides is 2. The van der Waals surface area contributed by atoms with Crippen molar-refractivity contribution in [2.24, 2.45) is 0 Å². The zero-order valence-electron chi connectivity index (χ0n) is 11.3. The summed E-state index contributed by atoms with van der Waals surface area (Å²) in [6.45, 7) is 1.80. The largest absolute Gasteiger partial charge is 0.478 e. The number of hydrogen-bond acceptors (Lipinski definition) is 4. The number of aromatic carboxylic acids is 1. The molecule has 0 saturated carbocycles. The SMILES string of the molecule is CC(NC(=O)Nc1cncc(C(=O)O)c1)c1ccccn1. The van der Waals surface area contributed by atoms with Crippen molar-refractivity contribution in [1.29, 1.82) is 0 Å². The number of carbonyl (C=O) groups excluding carboxylic acids is 1. The molecule has 0 aliphatic heterocycles. The lowest BCUT2D eigenvalue weighted by atomic mass is 10.2. The molecule has 0 radical (unpaired) electrons. The van der Waals surface area contributed by atoms with Crippen molar-refractivity contribution in [2.45, 2.75) is 13.0 Å². The lowest BCUT2D eigenvalue weighted by molar-refractivity contribution is 0.0696. The van der Waals surface area contributed by atoms with Gasteiger partial charge in [0.1, 0.15) is 0 Å². The third-order valence-corrected chi connectivity index (χ3v) is 2.72. The highest BCUT2D eigenvalue weighted by Crippen LogP contribution is 2.10. The normalized spacial score (nSPS) is 11.5. The van der Waals surface area contributed by atoms with E-state index >= 15 is 0 Å². The van der Waals surface area contributed by atoms with E-state index in [1.165, 1.54) is 18.5 Å². The maximum atomic E-state index is 11.9. The number of rotatable bonds is 4. The van der Waals surface area contributed by atoms with Crippen molar-refractivity contribution in [3.8, 4) is 0 Å². The zero-order valence-corrected chi connectivity index (χ0v) is 11.3. The van der Waals surface area contributed by atoms with Crippen molar-refractivity contribution in [3.63, 3.8) is 0 Å². The van der Waals surface area contributed by atoms with Crippen LogP contribution in [0, 0.1) is 0 Å². The molecule has 7 nitrogen and oxygen atoms in total. The highest BCUT2D eigenvalue weighted by Gasteiger charge is 2.11. The number of urea groups is 1. The highest BCUT2D eigenvalue weighted by molar-refractivity contribution is 5.92. The topological polar surface area (TPSA) is 104 Å². The van der Waals surface area contributed by atoms with E-state index in [1.54, 1.807) is 25.3 Å². The molecule has 21 heavy (non-hydrogen) atoms. The molecule has 3 N–H and O–H groups in total. The van der Waals surface area contributed by atoms with Gasteiger partial charge in [0.2, 0.25) is 0 Å². The van der Waals surface area contributed by atoms with Crippen molar-refractivity contribution in [3.05, 3.63) is 54.1 Å². The van der Waals surface area contributed by atoms with Gasteiger partial charge in [0.05, 0.1) is 29.2 Å². The van der Waals surface area contributed by atoms with Crippen molar-refractivity contribution < 1.29 is 14.7 Å². The van der Waals surface area contributed by atoms with Crippen LogP contribution in [0.4, 0.5) is 10.5 Å². The van der Waals surface area contributed by atoms with Crippen LogP contribution in [0.25, 0.3) is 0 Å². The number of carboxylic acid groups (broad SMARTS) is 1. The first kappa shape index (κ1) is 14.4. The molecule has 0 bridgehead atoms. The first-order valence-electron chi connectivity index (χ1n) is 6.23. The van der Waals surface area contributed by atoms with E-state index < -0.39 is 12.0 Å². The molecule has 0 aliphatic rings. The third kappa shape index (κ3) is 4.00. The van der Waals surface area contributed by atoms with Gasteiger partial charge in [-0.2, -0.15) is 0 Å². The summed E-state index contributed by atoms with van der Waals surface area (Å²) in [7, 11) is 0. The fourth-order valence-electron chi connectivity index (χ4n) is 1.70.